The molecule has 1 aliphatic carbocycles. The molecular weight excluding hydrogens is 366 g/mol. The maximum Gasteiger partial charge on any atom is 0.254 e. The molecule has 1 saturated carbocycles. The van der Waals surface area contributed by atoms with E-state index in [1.165, 1.54) is 32.6 Å². The SMILES string of the molecule is CC(=O)Nc1cc(C(=O)N2CCC[C@H]3CCCC[C@@H]32)ccc1C(=O)NCC(C)C. The zero-order chi connectivity index (χ0) is 21.0. The third kappa shape index (κ3) is 5.17. The van der Waals surface area contributed by atoms with Gasteiger partial charge in [-0.3, -0.25) is 14.4 Å². The van der Waals surface area contributed by atoms with Crippen molar-refractivity contribution in [2.24, 2.45) is 11.8 Å². The minimum atomic E-state index is -0.266. The van der Waals surface area contributed by atoms with Crippen LogP contribution in [-0.4, -0.2) is 41.8 Å². The maximum absolute atomic E-state index is 13.3. The Labute approximate surface area is 173 Å². The van der Waals surface area contributed by atoms with E-state index in [0.717, 1.165) is 19.4 Å². The van der Waals surface area contributed by atoms with Gasteiger partial charge in [0.05, 0.1) is 11.3 Å². The first-order valence-corrected chi connectivity index (χ1v) is 10.9. The van der Waals surface area contributed by atoms with Crippen molar-refractivity contribution < 1.29 is 14.4 Å². The molecule has 6 heteroatoms. The second-order valence-corrected chi connectivity index (χ2v) is 8.80. The Morgan fingerprint density at radius 3 is 2.55 bits per heavy atom. The molecule has 3 amide bonds. The predicted octanol–water partition coefficient (Wildman–Crippen LogP) is 3.83. The summed E-state index contributed by atoms with van der Waals surface area (Å²) >= 11 is 0. The quantitative estimate of drug-likeness (QED) is 0.790. The predicted molar refractivity (Wildman–Crippen MR) is 114 cm³/mol. The molecule has 158 valence electrons. The monoisotopic (exact) mass is 399 g/mol. The summed E-state index contributed by atoms with van der Waals surface area (Å²) in [5.74, 6) is 0.427. The average molecular weight is 400 g/mol. The summed E-state index contributed by atoms with van der Waals surface area (Å²) in [6.07, 6.45) is 6.97. The summed E-state index contributed by atoms with van der Waals surface area (Å²) in [6, 6.07) is 5.34. The van der Waals surface area contributed by atoms with Crippen molar-refractivity contribution in [3.63, 3.8) is 0 Å². The topological polar surface area (TPSA) is 78.5 Å². The van der Waals surface area contributed by atoms with Crippen LogP contribution in [0.4, 0.5) is 5.69 Å². The van der Waals surface area contributed by atoms with Gasteiger partial charge in [0.1, 0.15) is 0 Å². The van der Waals surface area contributed by atoms with Crippen LogP contribution in [-0.2, 0) is 4.79 Å². The second-order valence-electron chi connectivity index (χ2n) is 8.80. The van der Waals surface area contributed by atoms with Crippen molar-refractivity contribution in [2.75, 3.05) is 18.4 Å². The van der Waals surface area contributed by atoms with Crippen molar-refractivity contribution in [2.45, 2.75) is 65.3 Å². The number of benzene rings is 1. The first kappa shape index (κ1) is 21.3. The van der Waals surface area contributed by atoms with Crippen molar-refractivity contribution in [1.82, 2.24) is 10.2 Å². The highest BCUT2D eigenvalue weighted by Gasteiger charge is 2.36. The van der Waals surface area contributed by atoms with Gasteiger partial charge in [0.25, 0.3) is 11.8 Å². The average Bonchev–Trinajstić information content (AvgIpc) is 2.70. The standard InChI is InChI=1S/C23H33N3O3/c1-15(2)14-24-22(28)19-11-10-18(13-20(19)25-16(3)27)23(29)26-12-6-8-17-7-4-5-9-21(17)26/h10-11,13,15,17,21H,4-9,12,14H2,1-3H3,(H,24,28)(H,25,27)/t17-,21+/m1/s1. The lowest BCUT2D eigenvalue weighted by Crippen LogP contribution is -2.49. The van der Waals surface area contributed by atoms with E-state index in [2.05, 4.69) is 10.6 Å². The zero-order valence-electron chi connectivity index (χ0n) is 17.8. The molecule has 6 nitrogen and oxygen atoms in total. The highest BCUT2D eigenvalue weighted by molar-refractivity contribution is 6.05. The van der Waals surface area contributed by atoms with E-state index in [-0.39, 0.29) is 17.7 Å². The Hall–Kier alpha value is -2.37. The summed E-state index contributed by atoms with van der Waals surface area (Å²) in [6.45, 7) is 6.78. The third-order valence-corrected chi connectivity index (χ3v) is 6.00. The number of rotatable bonds is 5. The molecule has 1 aromatic carbocycles. The molecule has 0 unspecified atom stereocenters. The number of hydrogen-bond acceptors (Lipinski definition) is 3. The maximum atomic E-state index is 13.3. The highest BCUT2D eigenvalue weighted by atomic mass is 16.2. The molecule has 0 radical (unpaired) electrons. The number of piperidine rings is 1. The lowest BCUT2D eigenvalue weighted by molar-refractivity contribution is -0.114. The number of nitrogens with one attached hydrogen (secondary N) is 2. The van der Waals surface area contributed by atoms with Crippen LogP contribution in [0, 0.1) is 11.8 Å². The summed E-state index contributed by atoms with van der Waals surface area (Å²) in [5.41, 5.74) is 1.30. The summed E-state index contributed by atoms with van der Waals surface area (Å²) in [5, 5.41) is 5.60. The van der Waals surface area contributed by atoms with Gasteiger partial charge in [-0.25, -0.2) is 0 Å². The molecule has 0 bridgehead atoms. The molecule has 1 heterocycles. The molecule has 2 fully saturated rings. The van der Waals surface area contributed by atoms with Gasteiger partial charge >= 0.3 is 0 Å². The molecule has 2 N–H and O–H groups in total. The molecule has 0 aromatic heterocycles. The third-order valence-electron chi connectivity index (χ3n) is 6.00. The number of likely N-dealkylation sites (tertiary alicyclic amines) is 1. The minimum absolute atomic E-state index is 0.00217. The molecule has 1 aliphatic heterocycles. The Morgan fingerprint density at radius 2 is 1.83 bits per heavy atom. The lowest BCUT2D eigenvalue weighted by Gasteiger charge is -2.44. The second kappa shape index (κ2) is 9.42. The van der Waals surface area contributed by atoms with Crippen LogP contribution < -0.4 is 10.6 Å². The van der Waals surface area contributed by atoms with E-state index in [1.54, 1.807) is 18.2 Å². The first-order valence-electron chi connectivity index (χ1n) is 10.9. The van der Waals surface area contributed by atoms with Crippen LogP contribution >= 0.6 is 0 Å². The van der Waals surface area contributed by atoms with E-state index in [4.69, 9.17) is 0 Å². The van der Waals surface area contributed by atoms with Crippen molar-refractivity contribution in [3.05, 3.63) is 29.3 Å². The molecule has 1 aromatic rings. The Balaban J connectivity index is 1.84. The van der Waals surface area contributed by atoms with Crippen LogP contribution in [0.15, 0.2) is 18.2 Å². The Bertz CT molecular complexity index is 773. The van der Waals surface area contributed by atoms with Gasteiger partial charge in [-0.15, -0.1) is 0 Å². The van der Waals surface area contributed by atoms with Gasteiger partial charge in [-0.05, 0) is 55.7 Å². The summed E-state index contributed by atoms with van der Waals surface area (Å²) in [7, 11) is 0. The normalized spacial score (nSPS) is 21.4. The van der Waals surface area contributed by atoms with Crippen LogP contribution in [0.2, 0.25) is 0 Å². The molecular formula is C23H33N3O3. The summed E-state index contributed by atoms with van der Waals surface area (Å²) < 4.78 is 0. The Kier molecular flexibility index (Phi) is 6.93. The van der Waals surface area contributed by atoms with Gasteiger partial charge in [0.2, 0.25) is 5.91 Å². The lowest BCUT2D eigenvalue weighted by atomic mass is 9.78. The number of nitrogens with zero attached hydrogens (tertiary/aromatic N) is 1. The molecule has 0 spiro atoms. The van der Waals surface area contributed by atoms with E-state index in [0.29, 0.717) is 41.2 Å². The fourth-order valence-electron chi connectivity index (χ4n) is 4.60. The van der Waals surface area contributed by atoms with Gasteiger partial charge < -0.3 is 15.5 Å². The van der Waals surface area contributed by atoms with Crippen LogP contribution in [0.3, 0.4) is 0 Å². The van der Waals surface area contributed by atoms with Crippen molar-refractivity contribution in [3.8, 4) is 0 Å². The van der Waals surface area contributed by atoms with Crippen LogP contribution in [0.1, 0.15) is 80.0 Å². The fraction of sp³-hybridized carbons (Fsp3) is 0.609. The zero-order valence-corrected chi connectivity index (χ0v) is 17.8. The number of fused-ring (bicyclic) bond motifs is 1. The van der Waals surface area contributed by atoms with E-state index < -0.39 is 0 Å². The van der Waals surface area contributed by atoms with Gasteiger partial charge in [-0.2, -0.15) is 0 Å². The largest absolute Gasteiger partial charge is 0.352 e. The Morgan fingerprint density at radius 1 is 1.10 bits per heavy atom. The van der Waals surface area contributed by atoms with Gasteiger partial charge in [0, 0.05) is 31.6 Å². The molecule has 3 rings (SSSR count). The molecule has 2 aliphatic rings. The highest BCUT2D eigenvalue weighted by Crippen LogP contribution is 2.36. The van der Waals surface area contributed by atoms with E-state index in [9.17, 15) is 14.4 Å². The number of anilines is 1. The summed E-state index contributed by atoms with van der Waals surface area (Å²) in [4.78, 5) is 39.6. The molecule has 2 atom stereocenters. The molecule has 29 heavy (non-hydrogen) atoms. The van der Waals surface area contributed by atoms with Crippen molar-refractivity contribution >= 4 is 23.4 Å². The fourth-order valence-corrected chi connectivity index (χ4v) is 4.60. The van der Waals surface area contributed by atoms with Crippen LogP contribution in [0.25, 0.3) is 0 Å². The number of carbonyl (C=O) groups is 3. The number of amides is 3. The van der Waals surface area contributed by atoms with E-state index >= 15 is 0 Å². The first-order chi connectivity index (χ1) is 13.9. The number of carbonyl (C=O) groups excluding carboxylic acids is 3. The van der Waals surface area contributed by atoms with E-state index in [1.807, 2.05) is 18.7 Å². The minimum Gasteiger partial charge on any atom is -0.352 e. The van der Waals surface area contributed by atoms with Gasteiger partial charge in [0.15, 0.2) is 0 Å². The van der Waals surface area contributed by atoms with Gasteiger partial charge in [-0.1, -0.05) is 26.7 Å². The van der Waals surface area contributed by atoms with Crippen LogP contribution in [0.5, 0.6) is 0 Å². The smallest absolute Gasteiger partial charge is 0.254 e. The van der Waals surface area contributed by atoms with Crippen molar-refractivity contribution in [1.29, 1.82) is 0 Å². The number of hydrogen-bond donors (Lipinski definition) is 2. The molecule has 1 saturated heterocycles.